The van der Waals surface area contributed by atoms with Gasteiger partial charge in [0, 0.05) is 25.7 Å². The van der Waals surface area contributed by atoms with E-state index in [0.29, 0.717) is 18.8 Å². The third-order valence-electron chi connectivity index (χ3n) is 4.49. The molecule has 27 heavy (non-hydrogen) atoms. The molecule has 0 unspecified atom stereocenters. The fourth-order valence-electron chi connectivity index (χ4n) is 3.02. The van der Waals surface area contributed by atoms with Gasteiger partial charge in [-0.05, 0) is 47.5 Å². The second-order valence-corrected chi connectivity index (χ2v) is 6.40. The van der Waals surface area contributed by atoms with Gasteiger partial charge in [-0.15, -0.1) is 0 Å². The average molecular weight is 362 g/mol. The van der Waals surface area contributed by atoms with Crippen molar-refractivity contribution < 1.29 is 14.7 Å². The van der Waals surface area contributed by atoms with E-state index in [1.165, 1.54) is 6.92 Å². The molecule has 0 aliphatic heterocycles. The number of amides is 2. The molecule has 3 aromatic rings. The van der Waals surface area contributed by atoms with E-state index in [4.69, 9.17) is 0 Å². The lowest BCUT2D eigenvalue weighted by Gasteiger charge is -2.19. The molecule has 0 saturated heterocycles. The maximum absolute atomic E-state index is 12.6. The molecule has 0 heterocycles. The summed E-state index contributed by atoms with van der Waals surface area (Å²) in [6, 6.07) is 18.2. The molecule has 138 valence electrons. The number of phenols is 1. The Bertz CT molecular complexity index is 998. The number of aromatic hydroxyl groups is 1. The van der Waals surface area contributed by atoms with Crippen molar-refractivity contribution in [2.24, 2.45) is 0 Å². The summed E-state index contributed by atoms with van der Waals surface area (Å²) in [7, 11) is 0. The van der Waals surface area contributed by atoms with Crippen LogP contribution in [0.15, 0.2) is 60.7 Å². The van der Waals surface area contributed by atoms with Crippen molar-refractivity contribution in [3.63, 3.8) is 0 Å². The molecule has 0 aliphatic carbocycles. The summed E-state index contributed by atoms with van der Waals surface area (Å²) in [5, 5.41) is 14.8. The second-order valence-electron chi connectivity index (χ2n) is 6.40. The van der Waals surface area contributed by atoms with Gasteiger partial charge in [-0.2, -0.15) is 0 Å². The van der Waals surface area contributed by atoms with Crippen LogP contribution in [0.4, 0.5) is 5.69 Å². The molecule has 2 amide bonds. The summed E-state index contributed by atoms with van der Waals surface area (Å²) in [6.07, 6.45) is 0. The summed E-state index contributed by atoms with van der Waals surface area (Å²) >= 11 is 0. The Morgan fingerprint density at radius 1 is 1.00 bits per heavy atom. The number of phenolic OH excluding ortho intramolecular Hbond substituents is 1. The Kier molecular flexibility index (Phi) is 5.41. The fraction of sp³-hybridized carbons (Fsp3) is 0.182. The monoisotopic (exact) mass is 362 g/mol. The largest absolute Gasteiger partial charge is 0.507 e. The second kappa shape index (κ2) is 7.91. The Morgan fingerprint density at radius 2 is 1.70 bits per heavy atom. The van der Waals surface area contributed by atoms with Crippen LogP contribution in [0.1, 0.15) is 29.8 Å². The molecular weight excluding hydrogens is 340 g/mol. The number of carbonyl (C=O) groups excluding carboxylic acids is 2. The molecule has 0 bridgehead atoms. The lowest BCUT2D eigenvalue weighted by Crippen LogP contribution is -2.27. The smallest absolute Gasteiger partial charge is 0.259 e. The van der Waals surface area contributed by atoms with Crippen LogP contribution in [0, 0.1) is 0 Å². The number of nitrogens with one attached hydrogen (secondary N) is 1. The van der Waals surface area contributed by atoms with Gasteiger partial charge in [0.15, 0.2) is 0 Å². The number of rotatable bonds is 5. The highest BCUT2D eigenvalue weighted by Gasteiger charge is 2.13. The van der Waals surface area contributed by atoms with Gasteiger partial charge < -0.3 is 15.3 Å². The predicted molar refractivity (Wildman–Crippen MR) is 107 cm³/mol. The number of hydrogen-bond acceptors (Lipinski definition) is 3. The first kappa shape index (κ1) is 18.5. The molecule has 2 N–H and O–H groups in total. The van der Waals surface area contributed by atoms with Crippen molar-refractivity contribution in [3.05, 3.63) is 71.8 Å². The summed E-state index contributed by atoms with van der Waals surface area (Å²) in [5.41, 5.74) is 1.76. The van der Waals surface area contributed by atoms with Gasteiger partial charge in [-0.1, -0.05) is 36.4 Å². The van der Waals surface area contributed by atoms with E-state index in [2.05, 4.69) is 5.32 Å². The predicted octanol–water partition coefficient (Wildman–Crippen LogP) is 4.17. The molecule has 0 saturated carbocycles. The van der Waals surface area contributed by atoms with Crippen molar-refractivity contribution >= 4 is 28.3 Å². The Hall–Kier alpha value is -3.34. The minimum Gasteiger partial charge on any atom is -0.507 e. The molecule has 5 heteroatoms. The zero-order chi connectivity index (χ0) is 19.4. The summed E-state index contributed by atoms with van der Waals surface area (Å²) in [6.45, 7) is 4.57. The van der Waals surface area contributed by atoms with E-state index >= 15 is 0 Å². The molecule has 0 aromatic heterocycles. The molecule has 0 atom stereocenters. The molecule has 5 nitrogen and oxygen atoms in total. The third-order valence-corrected chi connectivity index (χ3v) is 4.49. The topological polar surface area (TPSA) is 69.6 Å². The van der Waals surface area contributed by atoms with Crippen molar-refractivity contribution in [2.45, 2.75) is 20.4 Å². The zero-order valence-electron chi connectivity index (χ0n) is 15.4. The van der Waals surface area contributed by atoms with Gasteiger partial charge in [0.1, 0.15) is 5.75 Å². The highest BCUT2D eigenvalue weighted by atomic mass is 16.3. The molecule has 0 aliphatic rings. The number of benzene rings is 3. The third kappa shape index (κ3) is 4.26. The van der Waals surface area contributed by atoms with Crippen LogP contribution in [0.5, 0.6) is 5.75 Å². The van der Waals surface area contributed by atoms with Crippen molar-refractivity contribution in [1.29, 1.82) is 0 Å². The standard InChI is InChI=1S/C22H22N2O3/c1-3-24(15(2)25)14-16-7-6-10-19(11-16)23-22(27)20-12-17-8-4-5-9-18(17)13-21(20)26/h4-13,26H,3,14H2,1-2H3,(H,23,27). The van der Waals surface area contributed by atoms with E-state index in [1.54, 1.807) is 23.1 Å². The van der Waals surface area contributed by atoms with E-state index in [1.807, 2.05) is 49.4 Å². The molecule has 0 fully saturated rings. The van der Waals surface area contributed by atoms with Crippen molar-refractivity contribution in [1.82, 2.24) is 4.90 Å². The van der Waals surface area contributed by atoms with Gasteiger partial charge in [0.25, 0.3) is 5.91 Å². The van der Waals surface area contributed by atoms with E-state index in [-0.39, 0.29) is 23.1 Å². The van der Waals surface area contributed by atoms with Crippen LogP contribution in [0.25, 0.3) is 10.8 Å². The maximum atomic E-state index is 12.6. The summed E-state index contributed by atoms with van der Waals surface area (Å²) in [4.78, 5) is 26.0. The van der Waals surface area contributed by atoms with Crippen molar-refractivity contribution in [3.8, 4) is 5.75 Å². The van der Waals surface area contributed by atoms with Crippen LogP contribution < -0.4 is 5.32 Å². The van der Waals surface area contributed by atoms with Gasteiger partial charge >= 0.3 is 0 Å². The molecule has 0 radical (unpaired) electrons. The van der Waals surface area contributed by atoms with Gasteiger partial charge in [0.2, 0.25) is 5.91 Å². The quantitative estimate of drug-likeness (QED) is 0.716. The first-order valence-electron chi connectivity index (χ1n) is 8.85. The highest BCUT2D eigenvalue weighted by Crippen LogP contribution is 2.26. The minimum atomic E-state index is -0.380. The SMILES string of the molecule is CCN(Cc1cccc(NC(=O)c2cc3ccccc3cc2O)c1)C(C)=O. The average Bonchev–Trinajstić information content (AvgIpc) is 2.65. The molecule has 0 spiro atoms. The number of nitrogens with zero attached hydrogens (tertiary/aromatic N) is 1. The molecule has 3 rings (SSSR count). The van der Waals surface area contributed by atoms with Crippen LogP contribution in [0.2, 0.25) is 0 Å². The minimum absolute atomic E-state index is 0.00743. The van der Waals surface area contributed by atoms with Crippen LogP contribution in [-0.2, 0) is 11.3 Å². The van der Waals surface area contributed by atoms with E-state index in [0.717, 1.165) is 16.3 Å². The van der Waals surface area contributed by atoms with Gasteiger partial charge in [-0.25, -0.2) is 0 Å². The Morgan fingerprint density at radius 3 is 2.37 bits per heavy atom. The number of anilines is 1. The normalized spacial score (nSPS) is 10.6. The maximum Gasteiger partial charge on any atom is 0.259 e. The lowest BCUT2D eigenvalue weighted by molar-refractivity contribution is -0.129. The first-order chi connectivity index (χ1) is 13.0. The zero-order valence-corrected chi connectivity index (χ0v) is 15.4. The summed E-state index contributed by atoms with van der Waals surface area (Å²) in [5.74, 6) is -0.432. The molecular formula is C22H22N2O3. The summed E-state index contributed by atoms with van der Waals surface area (Å²) < 4.78 is 0. The lowest BCUT2D eigenvalue weighted by atomic mass is 10.1. The number of carbonyl (C=O) groups is 2. The van der Waals surface area contributed by atoms with Gasteiger partial charge in [0.05, 0.1) is 5.56 Å². The van der Waals surface area contributed by atoms with Crippen molar-refractivity contribution in [2.75, 3.05) is 11.9 Å². The number of hydrogen-bond donors (Lipinski definition) is 2. The Balaban J connectivity index is 1.81. The van der Waals surface area contributed by atoms with Crippen LogP contribution >= 0.6 is 0 Å². The van der Waals surface area contributed by atoms with E-state index in [9.17, 15) is 14.7 Å². The fourth-order valence-corrected chi connectivity index (χ4v) is 3.02. The van der Waals surface area contributed by atoms with E-state index < -0.39 is 0 Å². The first-order valence-corrected chi connectivity index (χ1v) is 8.85. The highest BCUT2D eigenvalue weighted by molar-refractivity contribution is 6.08. The number of fused-ring (bicyclic) bond motifs is 1. The van der Waals surface area contributed by atoms with Gasteiger partial charge in [-0.3, -0.25) is 9.59 Å². The Labute approximate surface area is 158 Å². The van der Waals surface area contributed by atoms with Crippen LogP contribution in [0.3, 0.4) is 0 Å². The van der Waals surface area contributed by atoms with Crippen LogP contribution in [-0.4, -0.2) is 28.4 Å². The molecule has 3 aromatic carbocycles.